The fraction of sp³-hybridized carbons (Fsp3) is 0.571. The predicted molar refractivity (Wildman–Crippen MR) is 70.3 cm³/mol. The highest BCUT2D eigenvalue weighted by molar-refractivity contribution is 5.81. The van der Waals surface area contributed by atoms with E-state index in [1.165, 1.54) is 0 Å². The summed E-state index contributed by atoms with van der Waals surface area (Å²) in [7, 11) is 0. The highest BCUT2D eigenvalue weighted by atomic mass is 19.2. The molecule has 0 bridgehead atoms. The van der Waals surface area contributed by atoms with Gasteiger partial charge in [0.2, 0.25) is 11.6 Å². The predicted octanol–water partition coefficient (Wildman–Crippen LogP) is 2.95. The Labute approximate surface area is 125 Å². The maximum absolute atomic E-state index is 13.8. The average Bonchev–Trinajstić information content (AvgIpc) is 2.84. The summed E-state index contributed by atoms with van der Waals surface area (Å²) in [5, 5.41) is 0. The first-order chi connectivity index (χ1) is 10.1. The van der Waals surface area contributed by atoms with E-state index < -0.39 is 46.8 Å². The Morgan fingerprint density at radius 2 is 1.73 bits per heavy atom. The van der Waals surface area contributed by atoms with Gasteiger partial charge in [0.25, 0.3) is 11.9 Å². The molecule has 122 valence electrons. The molecule has 1 aliphatic rings. The molecule has 0 saturated carbocycles. The molecular weight excluding hydrogens is 304 g/mol. The molecule has 1 aromatic heterocycles. The lowest BCUT2D eigenvalue weighted by atomic mass is 10.1. The molecule has 1 saturated heterocycles. The average molecular weight is 320 g/mol. The van der Waals surface area contributed by atoms with Crippen molar-refractivity contribution in [2.75, 3.05) is 11.4 Å². The van der Waals surface area contributed by atoms with Crippen molar-refractivity contribution in [3.63, 3.8) is 0 Å². The summed E-state index contributed by atoms with van der Waals surface area (Å²) in [6.07, 6.45) is 0.716. The number of carbonyl (C=O) groups excluding carboxylic acids is 1. The Morgan fingerprint density at radius 1 is 1.18 bits per heavy atom. The quantitative estimate of drug-likeness (QED) is 0.477. The normalized spacial score (nSPS) is 18.7. The third-order valence-corrected chi connectivity index (χ3v) is 3.19. The highest BCUT2D eigenvalue weighted by Crippen LogP contribution is 2.33. The summed E-state index contributed by atoms with van der Waals surface area (Å²) in [5.74, 6) is -7.42. The first-order valence-corrected chi connectivity index (χ1v) is 6.81. The molecule has 8 heteroatoms. The van der Waals surface area contributed by atoms with Crippen LogP contribution in [-0.4, -0.2) is 29.1 Å². The van der Waals surface area contributed by atoms with Crippen LogP contribution in [0.15, 0.2) is 0 Å². The SMILES string of the molecule is CC(C)(C)OC(=O)[C@@H]1CCCN1c1c(F)c(F)nc(F)c1F. The first kappa shape index (κ1) is 16.5. The van der Waals surface area contributed by atoms with E-state index in [-0.39, 0.29) is 13.0 Å². The number of halogens is 4. The van der Waals surface area contributed by atoms with Crippen LogP contribution >= 0.6 is 0 Å². The molecule has 1 fully saturated rings. The highest BCUT2D eigenvalue weighted by Gasteiger charge is 2.38. The molecule has 0 radical (unpaired) electrons. The van der Waals surface area contributed by atoms with Gasteiger partial charge in [0.1, 0.15) is 17.3 Å². The van der Waals surface area contributed by atoms with Crippen molar-refractivity contribution < 1.29 is 27.1 Å². The standard InChI is InChI=1S/C14H16F4N2O2/c1-14(2,3)22-13(21)7-5-4-6-20(7)10-8(15)11(17)19-12(18)9(10)16/h7H,4-6H2,1-3H3/t7-/m0/s1. The number of carbonyl (C=O) groups is 1. The van der Waals surface area contributed by atoms with Gasteiger partial charge in [0, 0.05) is 6.54 Å². The van der Waals surface area contributed by atoms with E-state index in [1.54, 1.807) is 20.8 Å². The minimum atomic E-state index is -1.75. The molecular formula is C14H16F4N2O2. The number of hydrogen-bond donors (Lipinski definition) is 0. The monoisotopic (exact) mass is 320 g/mol. The van der Waals surface area contributed by atoms with Gasteiger partial charge >= 0.3 is 5.97 Å². The van der Waals surface area contributed by atoms with Crippen LogP contribution in [0.1, 0.15) is 33.6 Å². The third-order valence-electron chi connectivity index (χ3n) is 3.19. The topological polar surface area (TPSA) is 42.4 Å². The molecule has 0 unspecified atom stereocenters. The maximum Gasteiger partial charge on any atom is 0.329 e. The van der Waals surface area contributed by atoms with Crippen LogP contribution in [0.5, 0.6) is 0 Å². The van der Waals surface area contributed by atoms with E-state index in [2.05, 4.69) is 4.98 Å². The second kappa shape index (κ2) is 5.73. The lowest BCUT2D eigenvalue weighted by molar-refractivity contribution is -0.156. The third kappa shape index (κ3) is 3.15. The maximum atomic E-state index is 13.8. The molecule has 1 aromatic rings. The van der Waals surface area contributed by atoms with Crippen molar-refractivity contribution in [3.8, 4) is 0 Å². The number of anilines is 1. The molecule has 2 heterocycles. The molecule has 0 amide bonds. The van der Waals surface area contributed by atoms with Gasteiger partial charge in [-0.05, 0) is 33.6 Å². The molecule has 0 aliphatic carbocycles. The number of aromatic nitrogens is 1. The second-order valence-corrected chi connectivity index (χ2v) is 6.05. The van der Waals surface area contributed by atoms with Crippen LogP contribution in [0, 0.1) is 23.5 Å². The summed E-state index contributed by atoms with van der Waals surface area (Å²) >= 11 is 0. The van der Waals surface area contributed by atoms with Crippen LogP contribution in [0.3, 0.4) is 0 Å². The van der Waals surface area contributed by atoms with Gasteiger partial charge in [0.15, 0.2) is 0 Å². The number of nitrogens with zero attached hydrogens (tertiary/aromatic N) is 2. The fourth-order valence-electron chi connectivity index (χ4n) is 2.38. The van der Waals surface area contributed by atoms with E-state index in [1.807, 2.05) is 0 Å². The number of pyridine rings is 1. The molecule has 0 aromatic carbocycles. The van der Waals surface area contributed by atoms with E-state index in [4.69, 9.17) is 4.74 Å². The lowest BCUT2D eigenvalue weighted by Gasteiger charge is -2.29. The van der Waals surface area contributed by atoms with Gasteiger partial charge < -0.3 is 9.64 Å². The van der Waals surface area contributed by atoms with Gasteiger partial charge in [-0.2, -0.15) is 22.5 Å². The fourth-order valence-corrected chi connectivity index (χ4v) is 2.38. The van der Waals surface area contributed by atoms with Crippen molar-refractivity contribution in [1.82, 2.24) is 4.98 Å². The number of esters is 1. The van der Waals surface area contributed by atoms with Crippen molar-refractivity contribution in [2.45, 2.75) is 45.3 Å². The molecule has 4 nitrogen and oxygen atoms in total. The van der Waals surface area contributed by atoms with Crippen LogP contribution in [0.4, 0.5) is 23.2 Å². The number of hydrogen-bond acceptors (Lipinski definition) is 4. The minimum Gasteiger partial charge on any atom is -0.458 e. The molecule has 1 aliphatic heterocycles. The Kier molecular flexibility index (Phi) is 4.30. The van der Waals surface area contributed by atoms with E-state index in [9.17, 15) is 22.4 Å². The summed E-state index contributed by atoms with van der Waals surface area (Å²) in [4.78, 5) is 15.6. The Morgan fingerprint density at radius 3 is 2.23 bits per heavy atom. The number of ether oxygens (including phenoxy) is 1. The summed E-state index contributed by atoms with van der Waals surface area (Å²) in [5.41, 5.74) is -1.70. The van der Waals surface area contributed by atoms with Crippen molar-refractivity contribution >= 4 is 11.7 Å². The van der Waals surface area contributed by atoms with E-state index in [0.717, 1.165) is 4.90 Å². The number of rotatable bonds is 2. The summed E-state index contributed by atoms with van der Waals surface area (Å²) < 4.78 is 59.3. The molecule has 2 rings (SSSR count). The van der Waals surface area contributed by atoms with Crippen LogP contribution in [0.25, 0.3) is 0 Å². The smallest absolute Gasteiger partial charge is 0.329 e. The van der Waals surface area contributed by atoms with Gasteiger partial charge in [-0.1, -0.05) is 0 Å². The van der Waals surface area contributed by atoms with Gasteiger partial charge in [-0.15, -0.1) is 0 Å². The lowest BCUT2D eigenvalue weighted by Crippen LogP contribution is -2.41. The molecule has 0 N–H and O–H groups in total. The van der Waals surface area contributed by atoms with E-state index >= 15 is 0 Å². The van der Waals surface area contributed by atoms with Crippen molar-refractivity contribution in [3.05, 3.63) is 23.5 Å². The first-order valence-electron chi connectivity index (χ1n) is 6.81. The second-order valence-electron chi connectivity index (χ2n) is 6.05. The van der Waals surface area contributed by atoms with Crippen LogP contribution < -0.4 is 4.90 Å². The van der Waals surface area contributed by atoms with Gasteiger partial charge in [0.05, 0.1) is 0 Å². The Hall–Kier alpha value is -1.86. The largest absolute Gasteiger partial charge is 0.458 e. The summed E-state index contributed by atoms with van der Waals surface area (Å²) in [6, 6.07) is -0.996. The Balaban J connectivity index is 2.38. The summed E-state index contributed by atoms with van der Waals surface area (Å²) in [6.45, 7) is 5.03. The molecule has 0 spiro atoms. The Bertz CT molecular complexity index is 575. The minimum absolute atomic E-state index is 0.0840. The zero-order valence-corrected chi connectivity index (χ0v) is 12.4. The van der Waals surface area contributed by atoms with Crippen molar-refractivity contribution in [1.29, 1.82) is 0 Å². The van der Waals surface area contributed by atoms with Gasteiger partial charge in [-0.3, -0.25) is 0 Å². The molecule has 1 atom stereocenters. The van der Waals surface area contributed by atoms with E-state index in [0.29, 0.717) is 6.42 Å². The molecule has 22 heavy (non-hydrogen) atoms. The van der Waals surface area contributed by atoms with Crippen LogP contribution in [0.2, 0.25) is 0 Å². The van der Waals surface area contributed by atoms with Crippen LogP contribution in [-0.2, 0) is 9.53 Å². The zero-order valence-electron chi connectivity index (χ0n) is 12.4. The zero-order chi connectivity index (χ0) is 16.7. The van der Waals surface area contributed by atoms with Crippen molar-refractivity contribution in [2.24, 2.45) is 0 Å². The van der Waals surface area contributed by atoms with Gasteiger partial charge in [-0.25, -0.2) is 4.79 Å².